The molecule has 0 unspecified atom stereocenters. The Morgan fingerprint density at radius 2 is 2.10 bits per heavy atom. The van der Waals surface area contributed by atoms with E-state index < -0.39 is 0 Å². The molecule has 2 rings (SSSR count). The Morgan fingerprint density at radius 3 is 2.65 bits per heavy atom. The molecule has 2 aromatic rings. The molecular formula is C14H17N3O2S. The van der Waals surface area contributed by atoms with Crippen LogP contribution in [0.5, 0.6) is 17.2 Å². The molecule has 106 valence electrons. The lowest BCUT2D eigenvalue weighted by molar-refractivity contribution is 0.408. The van der Waals surface area contributed by atoms with Crippen molar-refractivity contribution in [2.75, 3.05) is 7.11 Å². The highest BCUT2D eigenvalue weighted by Gasteiger charge is 2.11. The average molecular weight is 291 g/mol. The molecule has 2 N–H and O–H groups in total. The first-order valence-electron chi connectivity index (χ1n) is 6.21. The minimum absolute atomic E-state index is 0.271. The van der Waals surface area contributed by atoms with Crippen LogP contribution < -0.4 is 15.2 Å². The van der Waals surface area contributed by atoms with Crippen molar-refractivity contribution in [1.82, 2.24) is 9.78 Å². The Hall–Kier alpha value is -2.08. The summed E-state index contributed by atoms with van der Waals surface area (Å²) in [7, 11) is 1.59. The van der Waals surface area contributed by atoms with E-state index >= 15 is 0 Å². The van der Waals surface area contributed by atoms with Gasteiger partial charge in [0.05, 0.1) is 25.1 Å². The van der Waals surface area contributed by atoms with E-state index in [4.69, 9.17) is 27.4 Å². The highest BCUT2D eigenvalue weighted by molar-refractivity contribution is 7.80. The fourth-order valence-corrected chi connectivity index (χ4v) is 1.87. The van der Waals surface area contributed by atoms with Gasteiger partial charge in [-0.1, -0.05) is 12.2 Å². The monoisotopic (exact) mass is 291 g/mol. The Bertz CT molecular complexity index is 623. The van der Waals surface area contributed by atoms with Crippen LogP contribution in [0.15, 0.2) is 30.6 Å². The zero-order chi connectivity index (χ0) is 14.7. The van der Waals surface area contributed by atoms with E-state index in [9.17, 15) is 0 Å². The van der Waals surface area contributed by atoms with E-state index in [1.54, 1.807) is 31.5 Å². The summed E-state index contributed by atoms with van der Waals surface area (Å²) in [5.41, 5.74) is 6.37. The molecule has 0 aliphatic carbocycles. The lowest BCUT2D eigenvalue weighted by Crippen LogP contribution is -2.10. The summed E-state index contributed by atoms with van der Waals surface area (Å²) in [5.74, 6) is 1.86. The van der Waals surface area contributed by atoms with Crippen molar-refractivity contribution in [3.63, 3.8) is 0 Å². The molecule has 0 saturated heterocycles. The molecular weight excluding hydrogens is 274 g/mol. The van der Waals surface area contributed by atoms with Crippen molar-refractivity contribution < 1.29 is 9.47 Å². The number of benzene rings is 1. The highest BCUT2D eigenvalue weighted by Crippen LogP contribution is 2.29. The fraction of sp³-hybridized carbons (Fsp3) is 0.286. The quantitative estimate of drug-likeness (QED) is 0.858. The van der Waals surface area contributed by atoms with Gasteiger partial charge in [0.1, 0.15) is 16.5 Å². The molecule has 0 aliphatic rings. The van der Waals surface area contributed by atoms with Crippen LogP contribution in [0.25, 0.3) is 0 Å². The van der Waals surface area contributed by atoms with E-state index in [1.807, 2.05) is 24.7 Å². The molecule has 0 saturated carbocycles. The molecule has 20 heavy (non-hydrogen) atoms. The normalized spacial score (nSPS) is 10.6. The highest BCUT2D eigenvalue weighted by atomic mass is 32.1. The maximum Gasteiger partial charge on any atom is 0.165 e. The molecule has 1 heterocycles. The van der Waals surface area contributed by atoms with Crippen molar-refractivity contribution in [3.05, 3.63) is 36.2 Å². The predicted octanol–water partition coefficient (Wildman–Crippen LogP) is 2.90. The average Bonchev–Trinajstić information content (AvgIpc) is 2.87. The van der Waals surface area contributed by atoms with Crippen LogP contribution in [0.3, 0.4) is 0 Å². The van der Waals surface area contributed by atoms with Gasteiger partial charge in [-0.2, -0.15) is 5.10 Å². The predicted molar refractivity (Wildman–Crippen MR) is 81.6 cm³/mol. The van der Waals surface area contributed by atoms with Crippen LogP contribution in [0.4, 0.5) is 0 Å². The molecule has 0 spiro atoms. The smallest absolute Gasteiger partial charge is 0.165 e. The van der Waals surface area contributed by atoms with Crippen molar-refractivity contribution in [3.8, 4) is 17.2 Å². The van der Waals surface area contributed by atoms with E-state index in [0.29, 0.717) is 22.8 Å². The molecule has 5 nitrogen and oxygen atoms in total. The summed E-state index contributed by atoms with van der Waals surface area (Å²) >= 11 is 5.03. The molecule has 1 aromatic heterocycles. The number of hydrogen-bond donors (Lipinski definition) is 1. The van der Waals surface area contributed by atoms with Crippen LogP contribution in [0, 0.1) is 0 Å². The van der Waals surface area contributed by atoms with Crippen LogP contribution in [-0.4, -0.2) is 21.9 Å². The lowest BCUT2D eigenvalue weighted by Gasteiger charge is -2.10. The summed E-state index contributed by atoms with van der Waals surface area (Å²) in [6.45, 7) is 4.09. The topological polar surface area (TPSA) is 62.3 Å². The largest absolute Gasteiger partial charge is 0.497 e. The van der Waals surface area contributed by atoms with Gasteiger partial charge in [-0.3, -0.25) is 4.68 Å². The first-order chi connectivity index (χ1) is 9.51. The number of thiocarbonyl (C=S) groups is 1. The van der Waals surface area contributed by atoms with Gasteiger partial charge >= 0.3 is 0 Å². The minimum Gasteiger partial charge on any atom is -0.497 e. The molecule has 0 aliphatic heterocycles. The Kier molecular flexibility index (Phi) is 4.24. The number of hydrogen-bond acceptors (Lipinski definition) is 4. The molecule has 0 fully saturated rings. The molecule has 6 heteroatoms. The number of nitrogens with two attached hydrogens (primary N) is 1. The van der Waals surface area contributed by atoms with Gasteiger partial charge in [0, 0.05) is 12.1 Å². The third-order valence-corrected chi connectivity index (χ3v) is 3.01. The maximum atomic E-state index is 5.81. The van der Waals surface area contributed by atoms with Gasteiger partial charge in [0.15, 0.2) is 5.75 Å². The lowest BCUT2D eigenvalue weighted by atomic mass is 10.2. The minimum atomic E-state index is 0.271. The van der Waals surface area contributed by atoms with E-state index in [0.717, 1.165) is 0 Å². The van der Waals surface area contributed by atoms with Crippen LogP contribution >= 0.6 is 12.2 Å². The summed E-state index contributed by atoms with van der Waals surface area (Å²) in [5, 5.41) is 4.23. The van der Waals surface area contributed by atoms with Crippen LogP contribution in [-0.2, 0) is 0 Å². The number of ether oxygens (including phenoxy) is 2. The molecule has 1 aromatic carbocycles. The van der Waals surface area contributed by atoms with Gasteiger partial charge in [-0.15, -0.1) is 0 Å². The third-order valence-electron chi connectivity index (χ3n) is 2.79. The van der Waals surface area contributed by atoms with Crippen molar-refractivity contribution in [2.24, 2.45) is 5.73 Å². The summed E-state index contributed by atoms with van der Waals surface area (Å²) in [4.78, 5) is 0.277. The van der Waals surface area contributed by atoms with Gasteiger partial charge < -0.3 is 15.2 Å². The Labute approximate surface area is 123 Å². The van der Waals surface area contributed by atoms with E-state index in [2.05, 4.69) is 5.10 Å². The second kappa shape index (κ2) is 5.92. The maximum absolute atomic E-state index is 5.81. The summed E-state index contributed by atoms with van der Waals surface area (Å²) in [6.07, 6.45) is 3.48. The van der Waals surface area contributed by atoms with Crippen LogP contribution in [0.2, 0.25) is 0 Å². The standard InChI is InChI=1S/C14H17N3O2S/c1-9(2)17-8-11(7-16-17)19-13-6-10(18-3)4-5-12(13)14(15)20/h4-9H,1-3H3,(H2,15,20). The zero-order valence-corrected chi connectivity index (χ0v) is 12.5. The Morgan fingerprint density at radius 1 is 1.35 bits per heavy atom. The third kappa shape index (κ3) is 3.08. The number of nitrogens with zero attached hydrogens (tertiary/aromatic N) is 2. The molecule has 0 amide bonds. The van der Waals surface area contributed by atoms with Crippen LogP contribution in [0.1, 0.15) is 25.5 Å². The van der Waals surface area contributed by atoms with Gasteiger partial charge in [-0.05, 0) is 26.0 Å². The number of methoxy groups -OCH3 is 1. The number of aromatic nitrogens is 2. The van der Waals surface area contributed by atoms with E-state index in [1.165, 1.54) is 0 Å². The SMILES string of the molecule is COc1ccc(C(N)=S)c(Oc2cnn(C(C)C)c2)c1. The van der Waals surface area contributed by atoms with Crippen molar-refractivity contribution in [2.45, 2.75) is 19.9 Å². The molecule has 0 bridgehead atoms. The van der Waals surface area contributed by atoms with Gasteiger partial charge in [-0.25, -0.2) is 0 Å². The summed E-state index contributed by atoms with van der Waals surface area (Å²) < 4.78 is 12.8. The fourth-order valence-electron chi connectivity index (χ4n) is 1.70. The first-order valence-corrected chi connectivity index (χ1v) is 6.62. The van der Waals surface area contributed by atoms with Crippen molar-refractivity contribution >= 4 is 17.2 Å². The number of rotatable bonds is 5. The first kappa shape index (κ1) is 14.3. The molecule has 0 atom stereocenters. The second-order valence-electron chi connectivity index (χ2n) is 4.58. The van der Waals surface area contributed by atoms with Gasteiger partial charge in [0.25, 0.3) is 0 Å². The van der Waals surface area contributed by atoms with Crippen molar-refractivity contribution in [1.29, 1.82) is 0 Å². The van der Waals surface area contributed by atoms with E-state index in [-0.39, 0.29) is 11.0 Å². The summed E-state index contributed by atoms with van der Waals surface area (Å²) in [6, 6.07) is 5.59. The second-order valence-corrected chi connectivity index (χ2v) is 5.02. The Balaban J connectivity index is 2.32. The zero-order valence-electron chi connectivity index (χ0n) is 11.7. The van der Waals surface area contributed by atoms with Gasteiger partial charge in [0.2, 0.25) is 0 Å². The molecule has 0 radical (unpaired) electrons.